The predicted molar refractivity (Wildman–Crippen MR) is 83.1 cm³/mol. The van der Waals surface area contributed by atoms with Gasteiger partial charge in [-0.15, -0.1) is 0 Å². The monoisotopic (exact) mass is 278 g/mol. The van der Waals surface area contributed by atoms with Crippen LogP contribution in [0.1, 0.15) is 16.8 Å². The summed E-state index contributed by atoms with van der Waals surface area (Å²) in [5.74, 6) is 0. The maximum absolute atomic E-state index is 4.39. The maximum atomic E-state index is 4.39. The highest BCUT2D eigenvalue weighted by atomic mass is 15.3. The van der Waals surface area contributed by atoms with Crippen molar-refractivity contribution in [3.05, 3.63) is 77.9 Å². The van der Waals surface area contributed by atoms with Crippen LogP contribution in [0.15, 0.2) is 61.1 Å². The van der Waals surface area contributed by atoms with E-state index in [1.165, 1.54) is 5.56 Å². The van der Waals surface area contributed by atoms with Gasteiger partial charge in [-0.25, -0.2) is 4.68 Å². The molecule has 2 aromatic heterocycles. The summed E-state index contributed by atoms with van der Waals surface area (Å²) < 4.78 is 1.89. The molecule has 4 heteroatoms. The van der Waals surface area contributed by atoms with Crippen LogP contribution in [0, 0.1) is 6.92 Å². The molecule has 0 bridgehead atoms. The van der Waals surface area contributed by atoms with Gasteiger partial charge < -0.3 is 5.32 Å². The molecule has 0 atom stereocenters. The first-order valence-corrected chi connectivity index (χ1v) is 7.03. The molecule has 106 valence electrons. The van der Waals surface area contributed by atoms with Crippen molar-refractivity contribution in [2.75, 3.05) is 0 Å². The molecule has 0 saturated heterocycles. The van der Waals surface area contributed by atoms with Crippen LogP contribution in [-0.4, -0.2) is 14.8 Å². The molecule has 0 aliphatic heterocycles. The molecule has 0 radical (unpaired) electrons. The minimum atomic E-state index is 0.767. The van der Waals surface area contributed by atoms with E-state index in [2.05, 4.69) is 28.4 Å². The van der Waals surface area contributed by atoms with E-state index < -0.39 is 0 Å². The van der Waals surface area contributed by atoms with Crippen molar-refractivity contribution in [2.45, 2.75) is 20.0 Å². The highest BCUT2D eigenvalue weighted by Crippen LogP contribution is 2.08. The van der Waals surface area contributed by atoms with E-state index in [1.807, 2.05) is 59.7 Å². The lowest BCUT2D eigenvalue weighted by Gasteiger charge is -2.05. The molecule has 0 fully saturated rings. The van der Waals surface area contributed by atoms with Gasteiger partial charge >= 0.3 is 0 Å². The Morgan fingerprint density at radius 2 is 1.90 bits per heavy atom. The van der Waals surface area contributed by atoms with Crippen LogP contribution in [0.4, 0.5) is 0 Å². The van der Waals surface area contributed by atoms with Gasteiger partial charge in [-0.05, 0) is 30.7 Å². The maximum Gasteiger partial charge on any atom is 0.0645 e. The first-order chi connectivity index (χ1) is 10.3. The van der Waals surface area contributed by atoms with Gasteiger partial charge in [-0.3, -0.25) is 4.98 Å². The van der Waals surface area contributed by atoms with E-state index in [1.54, 1.807) is 0 Å². The fourth-order valence-electron chi connectivity index (χ4n) is 2.20. The fraction of sp³-hybridized carbons (Fsp3) is 0.176. The molecule has 0 saturated carbocycles. The highest BCUT2D eigenvalue weighted by Gasteiger charge is 2.02. The number of para-hydroxylation sites is 1. The number of rotatable bonds is 5. The van der Waals surface area contributed by atoms with Crippen molar-refractivity contribution in [1.29, 1.82) is 0 Å². The van der Waals surface area contributed by atoms with Crippen LogP contribution < -0.4 is 5.32 Å². The summed E-state index contributed by atoms with van der Waals surface area (Å²) in [5, 5.41) is 7.80. The molecule has 3 aromatic rings. The number of nitrogens with zero attached hydrogens (tertiary/aromatic N) is 3. The second-order valence-electron chi connectivity index (χ2n) is 5.00. The topological polar surface area (TPSA) is 42.7 Å². The van der Waals surface area contributed by atoms with Crippen molar-refractivity contribution in [1.82, 2.24) is 20.1 Å². The summed E-state index contributed by atoms with van der Waals surface area (Å²) >= 11 is 0. The zero-order chi connectivity index (χ0) is 14.5. The van der Waals surface area contributed by atoms with Crippen molar-refractivity contribution in [3.63, 3.8) is 0 Å². The molecule has 0 amide bonds. The Balaban J connectivity index is 1.60. The number of hydrogen-bond acceptors (Lipinski definition) is 3. The van der Waals surface area contributed by atoms with Crippen LogP contribution in [-0.2, 0) is 13.1 Å². The summed E-state index contributed by atoms with van der Waals surface area (Å²) in [6.45, 7) is 3.63. The van der Waals surface area contributed by atoms with Gasteiger partial charge in [0.05, 0.1) is 17.6 Å². The lowest BCUT2D eigenvalue weighted by atomic mass is 10.2. The lowest BCUT2D eigenvalue weighted by Crippen LogP contribution is -2.14. The van der Waals surface area contributed by atoms with Crippen molar-refractivity contribution in [2.24, 2.45) is 0 Å². The number of aryl methyl sites for hydroxylation is 1. The van der Waals surface area contributed by atoms with Crippen molar-refractivity contribution in [3.8, 4) is 5.69 Å². The average molecular weight is 278 g/mol. The largest absolute Gasteiger partial charge is 0.307 e. The summed E-state index contributed by atoms with van der Waals surface area (Å²) in [4.78, 5) is 4.38. The Morgan fingerprint density at radius 3 is 2.71 bits per heavy atom. The Morgan fingerprint density at radius 1 is 1.05 bits per heavy atom. The summed E-state index contributed by atoms with van der Waals surface area (Å²) in [6.07, 6.45) is 5.77. The first kappa shape index (κ1) is 13.5. The standard InChI is InChI=1S/C17H18N4/c1-14-6-5-9-19-17(14)12-18-10-15-11-20-21(13-15)16-7-3-2-4-8-16/h2-9,11,13,18H,10,12H2,1H3. The Labute approximate surface area is 124 Å². The van der Waals surface area contributed by atoms with Gasteiger partial charge in [0.2, 0.25) is 0 Å². The fourth-order valence-corrected chi connectivity index (χ4v) is 2.20. The van der Waals surface area contributed by atoms with Crippen LogP contribution in [0.2, 0.25) is 0 Å². The third kappa shape index (κ3) is 3.35. The third-order valence-electron chi connectivity index (χ3n) is 3.40. The van der Waals surface area contributed by atoms with E-state index >= 15 is 0 Å². The number of aromatic nitrogens is 3. The smallest absolute Gasteiger partial charge is 0.0645 e. The minimum absolute atomic E-state index is 0.767. The average Bonchev–Trinajstić information content (AvgIpc) is 2.99. The normalized spacial score (nSPS) is 10.7. The van der Waals surface area contributed by atoms with Crippen LogP contribution in [0.5, 0.6) is 0 Å². The number of benzene rings is 1. The van der Waals surface area contributed by atoms with Crippen molar-refractivity contribution < 1.29 is 0 Å². The third-order valence-corrected chi connectivity index (χ3v) is 3.40. The molecule has 1 aromatic carbocycles. The van der Waals surface area contributed by atoms with E-state index in [0.29, 0.717) is 0 Å². The zero-order valence-electron chi connectivity index (χ0n) is 12.0. The van der Waals surface area contributed by atoms with Crippen molar-refractivity contribution >= 4 is 0 Å². The zero-order valence-corrected chi connectivity index (χ0v) is 12.0. The van der Waals surface area contributed by atoms with Gasteiger partial charge in [0.25, 0.3) is 0 Å². The van der Waals surface area contributed by atoms with E-state index in [4.69, 9.17) is 0 Å². The Kier molecular flexibility index (Phi) is 4.07. The Bertz CT molecular complexity index is 704. The molecule has 2 heterocycles. The molecule has 0 unspecified atom stereocenters. The van der Waals surface area contributed by atoms with Crippen LogP contribution >= 0.6 is 0 Å². The minimum Gasteiger partial charge on any atom is -0.307 e. The molecular weight excluding hydrogens is 260 g/mol. The van der Waals surface area contributed by atoms with Gasteiger partial charge in [0.1, 0.15) is 0 Å². The number of nitrogens with one attached hydrogen (secondary N) is 1. The van der Waals surface area contributed by atoms with Crippen LogP contribution in [0.25, 0.3) is 5.69 Å². The van der Waals surface area contributed by atoms with Gasteiger partial charge in [0.15, 0.2) is 0 Å². The summed E-state index contributed by atoms with van der Waals surface area (Å²) in [6, 6.07) is 14.2. The highest BCUT2D eigenvalue weighted by molar-refractivity contribution is 5.30. The second-order valence-corrected chi connectivity index (χ2v) is 5.00. The predicted octanol–water partition coefficient (Wildman–Crippen LogP) is 2.87. The Hall–Kier alpha value is -2.46. The molecule has 3 rings (SSSR count). The quantitative estimate of drug-likeness (QED) is 0.780. The second kappa shape index (κ2) is 6.33. The SMILES string of the molecule is Cc1cccnc1CNCc1cnn(-c2ccccc2)c1. The van der Waals surface area contributed by atoms with Gasteiger partial charge in [-0.2, -0.15) is 5.10 Å². The van der Waals surface area contributed by atoms with E-state index in [0.717, 1.165) is 30.0 Å². The molecule has 1 N–H and O–H groups in total. The van der Waals surface area contributed by atoms with E-state index in [-0.39, 0.29) is 0 Å². The molecule has 21 heavy (non-hydrogen) atoms. The summed E-state index contributed by atoms with van der Waals surface area (Å²) in [7, 11) is 0. The van der Waals surface area contributed by atoms with Gasteiger partial charge in [-0.1, -0.05) is 24.3 Å². The molecule has 0 aliphatic rings. The summed E-state index contributed by atoms with van der Waals surface area (Å²) in [5.41, 5.74) is 4.54. The first-order valence-electron chi connectivity index (χ1n) is 7.03. The van der Waals surface area contributed by atoms with Crippen LogP contribution in [0.3, 0.4) is 0 Å². The number of hydrogen-bond donors (Lipinski definition) is 1. The lowest BCUT2D eigenvalue weighted by molar-refractivity contribution is 0.676. The molecular formula is C17H18N4. The molecule has 0 aliphatic carbocycles. The molecule has 4 nitrogen and oxygen atoms in total. The van der Waals surface area contributed by atoms with Gasteiger partial charge in [0, 0.05) is 31.0 Å². The molecule has 0 spiro atoms. The van der Waals surface area contributed by atoms with E-state index in [9.17, 15) is 0 Å². The number of pyridine rings is 1.